The molecule has 0 saturated carbocycles. The molecule has 3 amide bonds. The number of benzene rings is 1. The Morgan fingerprint density at radius 2 is 1.75 bits per heavy atom. The molecule has 1 aliphatic rings. The molecule has 0 fully saturated rings. The van der Waals surface area contributed by atoms with Crippen molar-refractivity contribution in [3.8, 4) is 0 Å². The van der Waals surface area contributed by atoms with Gasteiger partial charge in [0.15, 0.2) is 6.10 Å². The second-order valence-electron chi connectivity index (χ2n) is 6.99. The molecule has 9 nitrogen and oxygen atoms in total. The van der Waals surface area contributed by atoms with Gasteiger partial charge in [0.05, 0.1) is 6.26 Å². The van der Waals surface area contributed by atoms with Crippen LogP contribution in [0.25, 0.3) is 0 Å². The molecule has 0 saturated heterocycles. The number of nitrogens with zero attached hydrogens (tertiary/aromatic N) is 1. The van der Waals surface area contributed by atoms with E-state index in [-0.39, 0.29) is 19.0 Å². The first-order valence-electron chi connectivity index (χ1n) is 8.84. The summed E-state index contributed by atoms with van der Waals surface area (Å²) >= 11 is 0. The zero-order chi connectivity index (χ0) is 21.1. The first-order chi connectivity index (χ1) is 13.0. The standard InChI is InChI=1S/C18H25N3O6S/c1-11(2)19-18(24)20-16(22)12(3)27-17(23)15-9-13-7-5-6-8-14(13)10-21(15)28(4,25)26/h5-8,11-12,15H,9-10H2,1-4H3,(H2,19,20,22,24)/t12-,15-/m0/s1. The van der Waals surface area contributed by atoms with Gasteiger partial charge in [-0.3, -0.25) is 14.9 Å². The van der Waals surface area contributed by atoms with Gasteiger partial charge in [0.1, 0.15) is 6.04 Å². The first kappa shape index (κ1) is 21.8. The number of esters is 1. The molecule has 1 aromatic rings. The third kappa shape index (κ3) is 5.52. The number of fused-ring (bicyclic) bond motifs is 1. The zero-order valence-corrected chi connectivity index (χ0v) is 17.1. The average molecular weight is 411 g/mol. The molecule has 0 radical (unpaired) electrons. The lowest BCUT2D eigenvalue weighted by Gasteiger charge is -2.33. The van der Waals surface area contributed by atoms with Crippen molar-refractivity contribution in [3.63, 3.8) is 0 Å². The van der Waals surface area contributed by atoms with Gasteiger partial charge in [0, 0.05) is 19.0 Å². The average Bonchev–Trinajstić information content (AvgIpc) is 2.58. The van der Waals surface area contributed by atoms with Crippen molar-refractivity contribution in [1.29, 1.82) is 0 Å². The van der Waals surface area contributed by atoms with Crippen molar-refractivity contribution < 1.29 is 27.5 Å². The minimum absolute atomic E-state index is 0.0478. The number of carbonyl (C=O) groups excluding carboxylic acids is 3. The number of sulfonamides is 1. The molecule has 28 heavy (non-hydrogen) atoms. The number of hydrogen-bond donors (Lipinski definition) is 2. The Kier molecular flexibility index (Phi) is 6.78. The topological polar surface area (TPSA) is 122 Å². The SMILES string of the molecule is CC(C)NC(=O)NC(=O)[C@H](C)OC(=O)[C@@H]1Cc2ccccc2CN1S(C)(=O)=O. The summed E-state index contributed by atoms with van der Waals surface area (Å²) < 4.78 is 30.6. The number of nitrogens with one attached hydrogen (secondary N) is 2. The van der Waals surface area contributed by atoms with E-state index in [9.17, 15) is 22.8 Å². The summed E-state index contributed by atoms with van der Waals surface area (Å²) in [4.78, 5) is 36.3. The Morgan fingerprint density at radius 1 is 1.14 bits per heavy atom. The van der Waals surface area contributed by atoms with Gasteiger partial charge < -0.3 is 10.1 Å². The lowest BCUT2D eigenvalue weighted by atomic mass is 9.96. The molecule has 2 rings (SSSR count). The zero-order valence-electron chi connectivity index (χ0n) is 16.3. The first-order valence-corrected chi connectivity index (χ1v) is 10.7. The molecule has 0 bridgehead atoms. The van der Waals surface area contributed by atoms with Crippen LogP contribution >= 0.6 is 0 Å². The molecule has 0 aliphatic carbocycles. The van der Waals surface area contributed by atoms with Gasteiger partial charge in [0.25, 0.3) is 5.91 Å². The lowest BCUT2D eigenvalue weighted by molar-refractivity contribution is -0.158. The van der Waals surface area contributed by atoms with Crippen LogP contribution in [0, 0.1) is 0 Å². The molecule has 1 heterocycles. The molecule has 2 atom stereocenters. The largest absolute Gasteiger partial charge is 0.451 e. The highest BCUT2D eigenvalue weighted by atomic mass is 32.2. The van der Waals surface area contributed by atoms with Crippen molar-refractivity contribution in [1.82, 2.24) is 14.9 Å². The minimum Gasteiger partial charge on any atom is -0.451 e. The summed E-state index contributed by atoms with van der Waals surface area (Å²) in [6.45, 7) is 4.83. The van der Waals surface area contributed by atoms with Gasteiger partial charge >= 0.3 is 12.0 Å². The second-order valence-corrected chi connectivity index (χ2v) is 8.93. The van der Waals surface area contributed by atoms with E-state index in [0.717, 1.165) is 21.7 Å². The highest BCUT2D eigenvalue weighted by molar-refractivity contribution is 7.88. The third-order valence-corrected chi connectivity index (χ3v) is 5.46. The van der Waals surface area contributed by atoms with Crippen molar-refractivity contribution in [3.05, 3.63) is 35.4 Å². The van der Waals surface area contributed by atoms with Crippen LogP contribution in [0.15, 0.2) is 24.3 Å². The predicted octanol–water partition coefficient (Wildman–Crippen LogP) is 0.539. The number of imide groups is 1. The molecule has 0 unspecified atom stereocenters. The summed E-state index contributed by atoms with van der Waals surface area (Å²) in [5.41, 5.74) is 1.66. The summed E-state index contributed by atoms with van der Waals surface area (Å²) in [5.74, 6) is -1.64. The van der Waals surface area contributed by atoms with Crippen molar-refractivity contribution >= 4 is 27.9 Å². The second kappa shape index (κ2) is 8.70. The number of ether oxygens (including phenoxy) is 1. The number of urea groups is 1. The summed E-state index contributed by atoms with van der Waals surface area (Å²) in [5, 5.41) is 4.56. The van der Waals surface area contributed by atoms with E-state index in [1.165, 1.54) is 6.92 Å². The molecule has 0 spiro atoms. The molecule has 154 valence electrons. The van der Waals surface area contributed by atoms with Crippen molar-refractivity contribution in [2.75, 3.05) is 6.26 Å². The molecular weight excluding hydrogens is 386 g/mol. The van der Waals surface area contributed by atoms with Crippen LogP contribution in [0.2, 0.25) is 0 Å². The van der Waals surface area contributed by atoms with Crippen LogP contribution in [0.1, 0.15) is 31.9 Å². The van der Waals surface area contributed by atoms with Gasteiger partial charge in [-0.1, -0.05) is 24.3 Å². The Balaban J connectivity index is 2.10. The molecule has 2 N–H and O–H groups in total. The van der Waals surface area contributed by atoms with E-state index < -0.39 is 40.1 Å². The normalized spacial score (nSPS) is 18.1. The lowest BCUT2D eigenvalue weighted by Crippen LogP contribution is -2.51. The quantitative estimate of drug-likeness (QED) is 0.682. The Bertz CT molecular complexity index is 868. The Hall–Kier alpha value is -2.46. The van der Waals surface area contributed by atoms with Gasteiger partial charge in [-0.2, -0.15) is 4.31 Å². The van der Waals surface area contributed by atoms with Crippen LogP contribution in [-0.2, 0) is 37.3 Å². The highest BCUT2D eigenvalue weighted by Crippen LogP contribution is 2.26. The van der Waals surface area contributed by atoms with Crippen LogP contribution in [0.5, 0.6) is 0 Å². The van der Waals surface area contributed by atoms with E-state index in [1.807, 2.05) is 6.07 Å². The number of amides is 3. The fraction of sp³-hybridized carbons (Fsp3) is 0.500. The van der Waals surface area contributed by atoms with Crippen LogP contribution in [-0.4, -0.2) is 55.1 Å². The van der Waals surface area contributed by atoms with E-state index in [1.54, 1.807) is 32.0 Å². The maximum absolute atomic E-state index is 12.6. The minimum atomic E-state index is -3.68. The Labute approximate surface area is 164 Å². The maximum Gasteiger partial charge on any atom is 0.325 e. The van der Waals surface area contributed by atoms with Gasteiger partial charge in [-0.05, 0) is 31.9 Å². The van der Waals surface area contributed by atoms with Crippen LogP contribution in [0.3, 0.4) is 0 Å². The van der Waals surface area contributed by atoms with E-state index in [0.29, 0.717) is 0 Å². The smallest absolute Gasteiger partial charge is 0.325 e. The summed E-state index contributed by atoms with van der Waals surface area (Å²) in [6, 6.07) is 5.28. The van der Waals surface area contributed by atoms with Crippen LogP contribution < -0.4 is 10.6 Å². The van der Waals surface area contributed by atoms with E-state index in [2.05, 4.69) is 10.6 Å². The van der Waals surface area contributed by atoms with Crippen molar-refractivity contribution in [2.24, 2.45) is 0 Å². The van der Waals surface area contributed by atoms with Gasteiger partial charge in [-0.25, -0.2) is 13.2 Å². The molecular formula is C18H25N3O6S. The third-order valence-electron chi connectivity index (χ3n) is 4.22. The fourth-order valence-electron chi connectivity index (χ4n) is 2.87. The number of carbonyl (C=O) groups is 3. The maximum atomic E-state index is 12.6. The van der Waals surface area contributed by atoms with Crippen molar-refractivity contribution in [2.45, 2.75) is 51.9 Å². The number of rotatable bonds is 5. The molecule has 0 aromatic heterocycles. The molecule has 1 aromatic carbocycles. The summed E-state index contributed by atoms with van der Waals surface area (Å²) in [7, 11) is -3.68. The summed E-state index contributed by atoms with van der Waals surface area (Å²) in [6.07, 6.45) is -0.0957. The molecule has 10 heteroatoms. The molecule has 1 aliphatic heterocycles. The van der Waals surface area contributed by atoms with E-state index >= 15 is 0 Å². The van der Waals surface area contributed by atoms with Crippen LogP contribution in [0.4, 0.5) is 4.79 Å². The fourth-order valence-corrected chi connectivity index (χ4v) is 3.86. The Morgan fingerprint density at radius 3 is 2.32 bits per heavy atom. The van der Waals surface area contributed by atoms with Gasteiger partial charge in [0.2, 0.25) is 10.0 Å². The highest BCUT2D eigenvalue weighted by Gasteiger charge is 2.39. The van der Waals surface area contributed by atoms with E-state index in [4.69, 9.17) is 4.74 Å². The monoisotopic (exact) mass is 411 g/mol. The predicted molar refractivity (Wildman–Crippen MR) is 102 cm³/mol. The van der Waals surface area contributed by atoms with Gasteiger partial charge in [-0.15, -0.1) is 0 Å². The number of hydrogen-bond acceptors (Lipinski definition) is 6.